The predicted octanol–water partition coefficient (Wildman–Crippen LogP) is 1.87. The van der Waals surface area contributed by atoms with Crippen molar-refractivity contribution in [1.29, 1.82) is 0 Å². The van der Waals surface area contributed by atoms with Crippen molar-refractivity contribution in [1.82, 2.24) is 10.6 Å². The van der Waals surface area contributed by atoms with Gasteiger partial charge in [0.05, 0.1) is 12.0 Å². The number of aliphatic carboxylic acids is 1. The van der Waals surface area contributed by atoms with E-state index in [1.807, 2.05) is 0 Å². The second-order valence-corrected chi connectivity index (χ2v) is 5.92. The molecule has 3 N–H and O–H groups in total. The molecule has 0 heterocycles. The number of carbonyl (C=O) groups excluding carboxylic acids is 1. The number of rotatable bonds is 4. The van der Waals surface area contributed by atoms with Gasteiger partial charge in [-0.2, -0.15) is 0 Å². The van der Waals surface area contributed by atoms with Crippen molar-refractivity contribution in [2.24, 2.45) is 5.92 Å². The second kappa shape index (κ2) is 5.16. The molecule has 18 heavy (non-hydrogen) atoms. The number of carboxylic acid groups (broad SMARTS) is 1. The summed E-state index contributed by atoms with van der Waals surface area (Å²) in [4.78, 5) is 22.7. The summed E-state index contributed by atoms with van der Waals surface area (Å²) in [6.45, 7) is 2.19. The molecular weight excluding hydrogens is 232 g/mol. The van der Waals surface area contributed by atoms with E-state index in [4.69, 9.17) is 5.11 Å². The summed E-state index contributed by atoms with van der Waals surface area (Å²) in [6, 6.07) is 0.0528. The summed E-state index contributed by atoms with van der Waals surface area (Å²) >= 11 is 0. The number of hydrogen-bond donors (Lipinski definition) is 3. The Balaban J connectivity index is 1.80. The fraction of sp³-hybridized carbons (Fsp3) is 0.846. The van der Waals surface area contributed by atoms with Crippen LogP contribution in [-0.2, 0) is 4.79 Å². The van der Waals surface area contributed by atoms with Gasteiger partial charge in [-0.05, 0) is 44.4 Å². The average Bonchev–Trinajstić information content (AvgIpc) is 2.59. The van der Waals surface area contributed by atoms with Gasteiger partial charge in [0.1, 0.15) is 0 Å². The molecule has 2 fully saturated rings. The first-order valence-corrected chi connectivity index (χ1v) is 6.80. The average molecular weight is 254 g/mol. The maximum atomic E-state index is 11.9. The second-order valence-electron chi connectivity index (χ2n) is 5.92. The van der Waals surface area contributed by atoms with Gasteiger partial charge in [0.15, 0.2) is 0 Å². The van der Waals surface area contributed by atoms with E-state index >= 15 is 0 Å². The van der Waals surface area contributed by atoms with Crippen LogP contribution in [0.4, 0.5) is 4.79 Å². The van der Waals surface area contributed by atoms with E-state index in [-0.39, 0.29) is 18.5 Å². The summed E-state index contributed by atoms with van der Waals surface area (Å²) in [5.41, 5.74) is -0.500. The highest BCUT2D eigenvalue weighted by molar-refractivity contribution is 5.77. The molecule has 102 valence electrons. The highest BCUT2D eigenvalue weighted by Crippen LogP contribution is 2.35. The van der Waals surface area contributed by atoms with Gasteiger partial charge in [-0.3, -0.25) is 4.79 Å². The zero-order valence-corrected chi connectivity index (χ0v) is 10.9. The number of hydrogen-bond acceptors (Lipinski definition) is 2. The maximum absolute atomic E-state index is 11.9. The molecule has 2 rings (SSSR count). The van der Waals surface area contributed by atoms with E-state index in [0.29, 0.717) is 5.92 Å². The quantitative estimate of drug-likeness (QED) is 0.716. The first-order chi connectivity index (χ1) is 8.49. The molecular formula is C13H22N2O3. The van der Waals surface area contributed by atoms with Gasteiger partial charge in [-0.1, -0.05) is 6.92 Å². The summed E-state index contributed by atoms with van der Waals surface area (Å²) < 4.78 is 0. The molecule has 2 atom stereocenters. The van der Waals surface area contributed by atoms with Crippen molar-refractivity contribution in [3.05, 3.63) is 0 Å². The Morgan fingerprint density at radius 1 is 1.33 bits per heavy atom. The Bertz CT molecular complexity index is 339. The molecule has 0 aromatic rings. The molecule has 0 radical (unpaired) electrons. The minimum absolute atomic E-state index is 0.0293. The number of amides is 2. The number of carbonyl (C=O) groups is 2. The summed E-state index contributed by atoms with van der Waals surface area (Å²) in [5, 5.41) is 14.7. The maximum Gasteiger partial charge on any atom is 0.315 e. The molecule has 0 spiro atoms. The number of nitrogens with one attached hydrogen (secondary N) is 2. The molecule has 0 aromatic heterocycles. The minimum atomic E-state index is -0.843. The lowest BCUT2D eigenvalue weighted by molar-refractivity contribution is -0.139. The first-order valence-electron chi connectivity index (χ1n) is 6.80. The van der Waals surface area contributed by atoms with Crippen LogP contribution in [0, 0.1) is 5.92 Å². The van der Waals surface area contributed by atoms with Gasteiger partial charge in [-0.15, -0.1) is 0 Å². The van der Waals surface area contributed by atoms with Crippen molar-refractivity contribution >= 4 is 12.0 Å². The third-order valence-corrected chi connectivity index (χ3v) is 4.21. The highest BCUT2D eigenvalue weighted by atomic mass is 16.4. The monoisotopic (exact) mass is 254 g/mol. The van der Waals surface area contributed by atoms with Crippen LogP contribution in [0.1, 0.15) is 51.9 Å². The van der Waals surface area contributed by atoms with E-state index in [1.165, 1.54) is 0 Å². The third kappa shape index (κ3) is 3.15. The lowest BCUT2D eigenvalue weighted by Crippen LogP contribution is -2.58. The molecule has 2 unspecified atom stereocenters. The lowest BCUT2D eigenvalue weighted by atomic mass is 9.74. The molecule has 0 aromatic carbocycles. The molecule has 2 aliphatic carbocycles. The van der Waals surface area contributed by atoms with Crippen LogP contribution in [0.15, 0.2) is 0 Å². The van der Waals surface area contributed by atoms with Crippen LogP contribution < -0.4 is 10.6 Å². The Kier molecular flexibility index (Phi) is 3.78. The fourth-order valence-electron chi connectivity index (χ4n) is 3.04. The van der Waals surface area contributed by atoms with E-state index in [1.54, 1.807) is 0 Å². The Morgan fingerprint density at radius 2 is 2.06 bits per heavy atom. The van der Waals surface area contributed by atoms with Crippen LogP contribution in [0.3, 0.4) is 0 Å². The minimum Gasteiger partial charge on any atom is -0.481 e. The summed E-state index contributed by atoms with van der Waals surface area (Å²) in [6.07, 6.45) is 5.78. The first kappa shape index (κ1) is 13.2. The molecule has 2 saturated carbocycles. The SMILES string of the molecule is CC1CCC(NC(=O)NC2(CC(=O)O)CCC2)C1. The molecule has 2 amide bonds. The van der Waals surface area contributed by atoms with Crippen LogP contribution in [0.5, 0.6) is 0 Å². The van der Waals surface area contributed by atoms with E-state index in [0.717, 1.165) is 38.5 Å². The Labute approximate surface area is 107 Å². The zero-order valence-electron chi connectivity index (χ0n) is 10.9. The van der Waals surface area contributed by atoms with E-state index in [9.17, 15) is 9.59 Å². The molecule has 5 heteroatoms. The van der Waals surface area contributed by atoms with E-state index in [2.05, 4.69) is 17.6 Å². The summed E-state index contributed by atoms with van der Waals surface area (Å²) in [7, 11) is 0. The van der Waals surface area contributed by atoms with Crippen molar-refractivity contribution in [3.63, 3.8) is 0 Å². The normalized spacial score (nSPS) is 29.4. The summed E-state index contributed by atoms with van der Waals surface area (Å²) in [5.74, 6) is -0.170. The topological polar surface area (TPSA) is 78.4 Å². The van der Waals surface area contributed by atoms with Crippen LogP contribution in [0.2, 0.25) is 0 Å². The molecule has 0 saturated heterocycles. The van der Waals surface area contributed by atoms with Crippen molar-refractivity contribution < 1.29 is 14.7 Å². The van der Waals surface area contributed by atoms with Gasteiger partial charge in [-0.25, -0.2) is 4.79 Å². The smallest absolute Gasteiger partial charge is 0.315 e. The van der Waals surface area contributed by atoms with Crippen molar-refractivity contribution in [2.75, 3.05) is 0 Å². The van der Waals surface area contributed by atoms with E-state index < -0.39 is 11.5 Å². The molecule has 0 bridgehead atoms. The Morgan fingerprint density at radius 3 is 2.50 bits per heavy atom. The Hall–Kier alpha value is -1.26. The van der Waals surface area contributed by atoms with Gasteiger partial charge in [0.25, 0.3) is 0 Å². The molecule has 5 nitrogen and oxygen atoms in total. The van der Waals surface area contributed by atoms with Crippen molar-refractivity contribution in [2.45, 2.75) is 63.5 Å². The zero-order chi connectivity index (χ0) is 13.2. The van der Waals surface area contributed by atoms with Crippen LogP contribution in [-0.4, -0.2) is 28.7 Å². The highest BCUT2D eigenvalue weighted by Gasteiger charge is 2.40. The van der Waals surface area contributed by atoms with Gasteiger partial charge < -0.3 is 15.7 Å². The van der Waals surface area contributed by atoms with Gasteiger partial charge in [0, 0.05) is 6.04 Å². The third-order valence-electron chi connectivity index (χ3n) is 4.21. The standard InChI is InChI=1S/C13H22N2O3/c1-9-3-4-10(7-9)14-12(18)15-13(5-2-6-13)8-11(16)17/h9-10H,2-8H2,1H3,(H,16,17)(H2,14,15,18). The lowest BCUT2D eigenvalue weighted by Gasteiger charge is -2.41. The van der Waals surface area contributed by atoms with Gasteiger partial charge >= 0.3 is 12.0 Å². The van der Waals surface area contributed by atoms with Gasteiger partial charge in [0.2, 0.25) is 0 Å². The van der Waals surface area contributed by atoms with Crippen LogP contribution in [0.25, 0.3) is 0 Å². The fourth-order valence-corrected chi connectivity index (χ4v) is 3.04. The number of carboxylic acids is 1. The number of urea groups is 1. The molecule has 0 aliphatic heterocycles. The van der Waals surface area contributed by atoms with Crippen LogP contribution >= 0.6 is 0 Å². The molecule has 2 aliphatic rings. The predicted molar refractivity (Wildman–Crippen MR) is 67.3 cm³/mol. The largest absolute Gasteiger partial charge is 0.481 e. The van der Waals surface area contributed by atoms with Crippen molar-refractivity contribution in [3.8, 4) is 0 Å².